The Hall–Kier alpha value is -1.18. The SMILES string of the molecule is O=C=NCCc1ccc(Cl)nc1. The molecule has 4 heteroatoms. The molecule has 0 aliphatic carbocycles. The molecule has 0 aliphatic heterocycles. The molecule has 0 saturated carbocycles. The average molecular weight is 183 g/mol. The fraction of sp³-hybridized carbons (Fsp3) is 0.250. The Morgan fingerprint density at radius 2 is 2.42 bits per heavy atom. The summed E-state index contributed by atoms with van der Waals surface area (Å²) in [6.07, 6.45) is 3.84. The van der Waals surface area contributed by atoms with Crippen molar-refractivity contribution in [1.82, 2.24) is 4.98 Å². The summed E-state index contributed by atoms with van der Waals surface area (Å²) in [4.78, 5) is 17.0. The van der Waals surface area contributed by atoms with Crippen LogP contribution in [0.15, 0.2) is 23.3 Å². The Morgan fingerprint density at radius 3 is 3.00 bits per heavy atom. The average Bonchev–Trinajstić information content (AvgIpc) is 2.09. The van der Waals surface area contributed by atoms with Gasteiger partial charge >= 0.3 is 0 Å². The van der Waals surface area contributed by atoms with Gasteiger partial charge in [0, 0.05) is 6.20 Å². The highest BCUT2D eigenvalue weighted by Gasteiger charge is 1.92. The van der Waals surface area contributed by atoms with Gasteiger partial charge in [0.15, 0.2) is 0 Å². The number of hydrogen-bond donors (Lipinski definition) is 0. The van der Waals surface area contributed by atoms with Crippen LogP contribution in [0.3, 0.4) is 0 Å². The van der Waals surface area contributed by atoms with Crippen LogP contribution in [0.1, 0.15) is 5.56 Å². The molecule has 0 amide bonds. The Morgan fingerprint density at radius 1 is 1.58 bits per heavy atom. The van der Waals surface area contributed by atoms with Crippen molar-refractivity contribution >= 4 is 17.7 Å². The minimum absolute atomic E-state index is 0.451. The summed E-state index contributed by atoms with van der Waals surface area (Å²) in [5, 5.41) is 0.470. The second kappa shape index (κ2) is 4.65. The lowest BCUT2D eigenvalue weighted by Crippen LogP contribution is -1.89. The number of hydrogen-bond acceptors (Lipinski definition) is 3. The standard InChI is InChI=1S/C8H7ClN2O/c9-8-2-1-7(5-11-8)3-4-10-6-12/h1-2,5H,3-4H2. The van der Waals surface area contributed by atoms with Gasteiger partial charge in [0.05, 0.1) is 6.54 Å². The van der Waals surface area contributed by atoms with Crippen LogP contribution in [0.2, 0.25) is 5.15 Å². The molecule has 3 nitrogen and oxygen atoms in total. The van der Waals surface area contributed by atoms with Crippen LogP contribution in [0.5, 0.6) is 0 Å². The summed E-state index contributed by atoms with van der Waals surface area (Å²) in [6, 6.07) is 3.57. The maximum absolute atomic E-state index is 9.72. The molecule has 0 unspecified atom stereocenters. The van der Waals surface area contributed by atoms with Gasteiger partial charge in [-0.3, -0.25) is 0 Å². The molecule has 0 bridgehead atoms. The second-order valence-corrected chi connectivity index (χ2v) is 2.60. The van der Waals surface area contributed by atoms with Gasteiger partial charge in [-0.25, -0.2) is 14.8 Å². The third-order valence-corrected chi connectivity index (χ3v) is 1.59. The normalized spacial score (nSPS) is 9.08. The molecule has 1 rings (SSSR count). The highest BCUT2D eigenvalue weighted by atomic mass is 35.5. The first-order valence-corrected chi connectivity index (χ1v) is 3.85. The molecule has 1 aromatic rings. The van der Waals surface area contributed by atoms with E-state index in [-0.39, 0.29) is 0 Å². The summed E-state index contributed by atoms with van der Waals surface area (Å²) < 4.78 is 0. The van der Waals surface area contributed by atoms with E-state index >= 15 is 0 Å². The molecule has 62 valence electrons. The second-order valence-electron chi connectivity index (χ2n) is 2.21. The summed E-state index contributed by atoms with van der Waals surface area (Å²) in [5.41, 5.74) is 1.01. The molecule has 0 aromatic carbocycles. The Kier molecular flexibility index (Phi) is 3.45. The Labute approximate surface area is 75.1 Å². The fourth-order valence-corrected chi connectivity index (χ4v) is 0.897. The van der Waals surface area contributed by atoms with E-state index in [9.17, 15) is 4.79 Å². The van der Waals surface area contributed by atoms with Crippen molar-refractivity contribution in [3.8, 4) is 0 Å². The van der Waals surface area contributed by atoms with Crippen LogP contribution in [-0.4, -0.2) is 17.6 Å². The van der Waals surface area contributed by atoms with Crippen LogP contribution < -0.4 is 0 Å². The van der Waals surface area contributed by atoms with E-state index in [1.165, 1.54) is 6.08 Å². The van der Waals surface area contributed by atoms with E-state index in [0.717, 1.165) is 5.56 Å². The van der Waals surface area contributed by atoms with E-state index < -0.39 is 0 Å². The lowest BCUT2D eigenvalue weighted by molar-refractivity contribution is 0.563. The number of carbonyl (C=O) groups excluding carboxylic acids is 1. The van der Waals surface area contributed by atoms with Crippen LogP contribution in [0.4, 0.5) is 0 Å². The predicted molar refractivity (Wildman–Crippen MR) is 45.9 cm³/mol. The Balaban J connectivity index is 2.53. The Bertz CT molecular complexity index is 290. The number of isocyanates is 1. The number of nitrogens with zero attached hydrogens (tertiary/aromatic N) is 2. The summed E-state index contributed by atoms with van der Waals surface area (Å²) in [6.45, 7) is 0.451. The molecule has 0 N–H and O–H groups in total. The number of halogens is 1. The maximum atomic E-state index is 9.72. The first-order chi connectivity index (χ1) is 5.83. The largest absolute Gasteiger partial charge is 0.244 e. The van der Waals surface area contributed by atoms with Gasteiger partial charge in [-0.2, -0.15) is 0 Å². The van der Waals surface area contributed by atoms with Crippen LogP contribution in [0.25, 0.3) is 0 Å². The van der Waals surface area contributed by atoms with Crippen molar-refractivity contribution in [2.75, 3.05) is 6.54 Å². The monoisotopic (exact) mass is 182 g/mol. The molecule has 0 saturated heterocycles. The maximum Gasteiger partial charge on any atom is 0.234 e. The molecule has 0 aliphatic rings. The topological polar surface area (TPSA) is 42.3 Å². The zero-order chi connectivity index (χ0) is 8.81. The van der Waals surface area contributed by atoms with Crippen molar-refractivity contribution < 1.29 is 4.79 Å². The van der Waals surface area contributed by atoms with Gasteiger partial charge in [0.1, 0.15) is 5.15 Å². The third kappa shape index (κ3) is 2.82. The zero-order valence-electron chi connectivity index (χ0n) is 6.33. The lowest BCUT2D eigenvalue weighted by atomic mass is 10.2. The van der Waals surface area contributed by atoms with Gasteiger partial charge in [0.2, 0.25) is 6.08 Å². The van der Waals surface area contributed by atoms with Crippen molar-refractivity contribution in [3.63, 3.8) is 0 Å². The molecular formula is C8H7ClN2O. The minimum Gasteiger partial charge on any atom is -0.244 e. The van der Waals surface area contributed by atoms with Crippen molar-refractivity contribution in [1.29, 1.82) is 0 Å². The van der Waals surface area contributed by atoms with E-state index in [1.54, 1.807) is 12.3 Å². The van der Waals surface area contributed by atoms with Crippen LogP contribution >= 0.6 is 11.6 Å². The van der Waals surface area contributed by atoms with Crippen LogP contribution in [0, 0.1) is 0 Å². The molecule has 12 heavy (non-hydrogen) atoms. The molecule has 0 atom stereocenters. The molecule has 1 aromatic heterocycles. The molecule has 0 spiro atoms. The van der Waals surface area contributed by atoms with Crippen molar-refractivity contribution in [3.05, 3.63) is 29.0 Å². The first kappa shape index (κ1) is 8.91. The highest BCUT2D eigenvalue weighted by Crippen LogP contribution is 2.05. The van der Waals surface area contributed by atoms with Gasteiger partial charge in [-0.05, 0) is 18.1 Å². The summed E-state index contributed by atoms with van der Waals surface area (Å²) >= 11 is 5.58. The van der Waals surface area contributed by atoms with Crippen molar-refractivity contribution in [2.24, 2.45) is 4.99 Å². The van der Waals surface area contributed by atoms with Crippen LogP contribution in [-0.2, 0) is 11.2 Å². The molecule has 1 heterocycles. The molecular weight excluding hydrogens is 176 g/mol. The van der Waals surface area contributed by atoms with Gasteiger partial charge in [-0.15, -0.1) is 0 Å². The van der Waals surface area contributed by atoms with Crippen molar-refractivity contribution in [2.45, 2.75) is 6.42 Å². The van der Waals surface area contributed by atoms with Gasteiger partial charge in [0.25, 0.3) is 0 Å². The molecule has 0 fully saturated rings. The number of aliphatic imine (C=N–C) groups is 1. The van der Waals surface area contributed by atoms with Gasteiger partial charge < -0.3 is 0 Å². The first-order valence-electron chi connectivity index (χ1n) is 3.47. The highest BCUT2D eigenvalue weighted by molar-refractivity contribution is 6.29. The zero-order valence-corrected chi connectivity index (χ0v) is 7.08. The van der Waals surface area contributed by atoms with E-state index in [4.69, 9.17) is 11.6 Å². The van der Waals surface area contributed by atoms with E-state index in [2.05, 4.69) is 9.98 Å². The summed E-state index contributed by atoms with van der Waals surface area (Å²) in [5.74, 6) is 0. The predicted octanol–water partition coefficient (Wildman–Crippen LogP) is 1.61. The lowest BCUT2D eigenvalue weighted by Gasteiger charge is -1.95. The minimum atomic E-state index is 0.451. The van der Waals surface area contributed by atoms with E-state index in [0.29, 0.717) is 18.1 Å². The smallest absolute Gasteiger partial charge is 0.234 e. The number of pyridine rings is 1. The molecule has 0 radical (unpaired) electrons. The fourth-order valence-electron chi connectivity index (χ4n) is 0.785. The van der Waals surface area contributed by atoms with Gasteiger partial charge in [-0.1, -0.05) is 17.7 Å². The number of rotatable bonds is 3. The van der Waals surface area contributed by atoms with E-state index in [1.807, 2.05) is 6.07 Å². The third-order valence-electron chi connectivity index (χ3n) is 1.37. The summed E-state index contributed by atoms with van der Waals surface area (Å²) in [7, 11) is 0. The number of aromatic nitrogens is 1. The quantitative estimate of drug-likeness (QED) is 0.405.